The van der Waals surface area contributed by atoms with Gasteiger partial charge in [0.15, 0.2) is 0 Å². The number of isocyanates is 1. The summed E-state index contributed by atoms with van der Waals surface area (Å²) in [4.78, 5) is 17.0. The van der Waals surface area contributed by atoms with E-state index in [2.05, 4.69) is 9.98 Å². The smallest absolute Gasteiger partial charge is 0.235 e. The Kier molecular flexibility index (Phi) is 1.97. The molecule has 1 rings (SSSR count). The van der Waals surface area contributed by atoms with Crippen LogP contribution >= 0.6 is 0 Å². The van der Waals surface area contributed by atoms with Crippen molar-refractivity contribution in [3.63, 3.8) is 0 Å². The first kappa shape index (κ1) is 6.71. The normalized spacial score (nSPS) is 8.90. The van der Waals surface area contributed by atoms with Gasteiger partial charge in [-0.3, -0.25) is 0 Å². The molecule has 0 aromatic carbocycles. The lowest BCUT2D eigenvalue weighted by molar-refractivity contribution is 0.562. The predicted octanol–water partition coefficient (Wildman–Crippen LogP) is 0.256. The fourth-order valence-corrected chi connectivity index (χ4v) is 0.662. The zero-order valence-corrected chi connectivity index (χ0v) is 5.61. The van der Waals surface area contributed by atoms with Crippen LogP contribution < -0.4 is 0 Å². The maximum atomic E-state index is 9.66. The molecule has 52 valence electrons. The van der Waals surface area contributed by atoms with E-state index < -0.39 is 0 Å². The molecule has 1 aromatic rings. The Labute approximate surface area is 58.2 Å². The van der Waals surface area contributed by atoms with Crippen molar-refractivity contribution in [2.75, 3.05) is 0 Å². The quantitative estimate of drug-likeness (QED) is 0.433. The number of aromatic nitrogens is 2. The summed E-state index contributed by atoms with van der Waals surface area (Å²) >= 11 is 0. The number of nitrogens with zero attached hydrogens (tertiary/aromatic N) is 3. The van der Waals surface area contributed by atoms with E-state index in [4.69, 9.17) is 0 Å². The number of hydrogen-bond acceptors (Lipinski definition) is 3. The number of imidazole rings is 1. The molecule has 0 fully saturated rings. The molecule has 4 heteroatoms. The minimum Gasteiger partial charge on any atom is -0.340 e. The lowest BCUT2D eigenvalue weighted by Gasteiger charge is -1.82. The minimum atomic E-state index is 0.324. The van der Waals surface area contributed by atoms with Crippen LogP contribution in [0.25, 0.3) is 0 Å². The predicted molar refractivity (Wildman–Crippen MR) is 35.0 cm³/mol. The highest BCUT2D eigenvalue weighted by Crippen LogP contribution is 1.94. The first-order valence-electron chi connectivity index (χ1n) is 2.83. The number of rotatable bonds is 2. The highest BCUT2D eigenvalue weighted by atomic mass is 16.1. The van der Waals surface area contributed by atoms with Gasteiger partial charge in [0.25, 0.3) is 0 Å². The molecule has 0 atom stereocenters. The second-order valence-corrected chi connectivity index (χ2v) is 1.94. The summed E-state index contributed by atoms with van der Waals surface area (Å²) in [6.07, 6.45) is 4.92. The minimum absolute atomic E-state index is 0.324. The zero-order valence-electron chi connectivity index (χ0n) is 5.61. The van der Waals surface area contributed by atoms with Gasteiger partial charge < -0.3 is 4.57 Å². The number of aliphatic imine (C=N–C) groups is 1. The van der Waals surface area contributed by atoms with Gasteiger partial charge in [0.05, 0.1) is 18.6 Å². The molecular weight excluding hydrogens is 130 g/mol. The van der Waals surface area contributed by atoms with Crippen molar-refractivity contribution in [2.24, 2.45) is 12.0 Å². The highest BCUT2D eigenvalue weighted by Gasteiger charge is 1.91. The fourth-order valence-electron chi connectivity index (χ4n) is 0.662. The summed E-state index contributed by atoms with van der Waals surface area (Å²) < 4.78 is 1.80. The Hall–Kier alpha value is -1.41. The Morgan fingerprint density at radius 1 is 1.90 bits per heavy atom. The molecule has 0 bridgehead atoms. The van der Waals surface area contributed by atoms with Crippen molar-refractivity contribution >= 4 is 6.08 Å². The molecule has 0 unspecified atom stereocenters. The maximum Gasteiger partial charge on any atom is 0.235 e. The Balaban J connectivity index is 2.66. The van der Waals surface area contributed by atoms with Gasteiger partial charge in [-0.15, -0.1) is 0 Å². The topological polar surface area (TPSA) is 47.2 Å². The molecule has 0 saturated carbocycles. The summed E-state index contributed by atoms with van der Waals surface area (Å²) in [5.74, 6) is 0. The van der Waals surface area contributed by atoms with E-state index in [1.54, 1.807) is 17.1 Å². The van der Waals surface area contributed by atoms with Crippen LogP contribution in [0.15, 0.2) is 17.5 Å². The molecular formula is C6H7N3O. The van der Waals surface area contributed by atoms with Gasteiger partial charge >= 0.3 is 0 Å². The molecule has 0 radical (unpaired) electrons. The second-order valence-electron chi connectivity index (χ2n) is 1.94. The molecule has 10 heavy (non-hydrogen) atoms. The Morgan fingerprint density at radius 2 is 2.70 bits per heavy atom. The second kappa shape index (κ2) is 2.94. The average molecular weight is 137 g/mol. The largest absolute Gasteiger partial charge is 0.340 e. The lowest BCUT2D eigenvalue weighted by atomic mass is 10.5. The number of carbonyl (C=O) groups excluding carboxylic acids is 1. The van der Waals surface area contributed by atoms with Gasteiger partial charge in [0, 0.05) is 13.2 Å². The van der Waals surface area contributed by atoms with Gasteiger partial charge in [-0.1, -0.05) is 0 Å². The van der Waals surface area contributed by atoms with Crippen LogP contribution in [0.2, 0.25) is 0 Å². The van der Waals surface area contributed by atoms with Gasteiger partial charge in [0.1, 0.15) is 0 Å². The van der Waals surface area contributed by atoms with Crippen LogP contribution in [-0.4, -0.2) is 15.6 Å². The molecule has 4 nitrogen and oxygen atoms in total. The van der Waals surface area contributed by atoms with E-state index in [0.29, 0.717) is 6.54 Å². The average Bonchev–Trinajstić information content (AvgIpc) is 2.31. The van der Waals surface area contributed by atoms with E-state index in [0.717, 1.165) is 5.69 Å². The maximum absolute atomic E-state index is 9.66. The van der Waals surface area contributed by atoms with Crippen molar-refractivity contribution in [3.8, 4) is 0 Å². The van der Waals surface area contributed by atoms with E-state index >= 15 is 0 Å². The molecule has 1 aromatic heterocycles. The lowest BCUT2D eigenvalue weighted by Crippen LogP contribution is -1.80. The summed E-state index contributed by atoms with van der Waals surface area (Å²) in [5, 5.41) is 0. The van der Waals surface area contributed by atoms with Crippen LogP contribution in [0.4, 0.5) is 0 Å². The molecule has 0 aliphatic heterocycles. The number of hydrogen-bond donors (Lipinski definition) is 0. The summed E-state index contributed by atoms with van der Waals surface area (Å²) in [5.41, 5.74) is 0.783. The third-order valence-electron chi connectivity index (χ3n) is 1.06. The van der Waals surface area contributed by atoms with Crippen LogP contribution in [0.5, 0.6) is 0 Å². The van der Waals surface area contributed by atoms with Crippen LogP contribution in [0.1, 0.15) is 5.69 Å². The molecule has 0 amide bonds. The van der Waals surface area contributed by atoms with Gasteiger partial charge in [-0.05, 0) is 0 Å². The van der Waals surface area contributed by atoms with Gasteiger partial charge in [-0.25, -0.2) is 9.78 Å². The van der Waals surface area contributed by atoms with Crippen LogP contribution in [0.3, 0.4) is 0 Å². The van der Waals surface area contributed by atoms with Gasteiger partial charge in [-0.2, -0.15) is 4.99 Å². The van der Waals surface area contributed by atoms with E-state index in [1.165, 1.54) is 6.08 Å². The zero-order chi connectivity index (χ0) is 7.40. The fraction of sp³-hybridized carbons (Fsp3) is 0.333. The van der Waals surface area contributed by atoms with E-state index in [1.807, 2.05) is 7.05 Å². The van der Waals surface area contributed by atoms with Crippen molar-refractivity contribution < 1.29 is 4.79 Å². The molecule has 0 saturated heterocycles. The molecule has 0 N–H and O–H groups in total. The van der Waals surface area contributed by atoms with Crippen LogP contribution in [0, 0.1) is 0 Å². The summed E-state index contributed by atoms with van der Waals surface area (Å²) in [6, 6.07) is 0. The van der Waals surface area contributed by atoms with Crippen molar-refractivity contribution in [1.29, 1.82) is 0 Å². The van der Waals surface area contributed by atoms with E-state index in [-0.39, 0.29) is 0 Å². The Bertz CT molecular complexity index is 260. The standard InChI is InChI=1S/C6H7N3O/c1-9-3-6(8-4-9)2-7-5-10/h3-4H,2H2,1H3. The van der Waals surface area contributed by atoms with Crippen molar-refractivity contribution in [2.45, 2.75) is 6.54 Å². The van der Waals surface area contributed by atoms with Crippen molar-refractivity contribution in [1.82, 2.24) is 9.55 Å². The summed E-state index contributed by atoms with van der Waals surface area (Å²) in [7, 11) is 1.86. The third-order valence-corrected chi connectivity index (χ3v) is 1.06. The van der Waals surface area contributed by atoms with E-state index in [9.17, 15) is 4.79 Å². The molecule has 1 heterocycles. The first-order valence-corrected chi connectivity index (χ1v) is 2.83. The highest BCUT2D eigenvalue weighted by molar-refractivity contribution is 5.33. The molecule has 0 spiro atoms. The molecule has 0 aliphatic carbocycles. The Morgan fingerprint density at radius 3 is 3.20 bits per heavy atom. The summed E-state index contributed by atoms with van der Waals surface area (Å²) in [6.45, 7) is 0.324. The monoisotopic (exact) mass is 137 g/mol. The van der Waals surface area contributed by atoms with Gasteiger partial charge in [0.2, 0.25) is 6.08 Å². The molecule has 0 aliphatic rings. The number of aryl methyl sites for hydroxylation is 1. The van der Waals surface area contributed by atoms with Crippen LogP contribution in [-0.2, 0) is 18.4 Å². The third kappa shape index (κ3) is 1.53. The first-order chi connectivity index (χ1) is 4.83. The van der Waals surface area contributed by atoms with Crippen molar-refractivity contribution in [3.05, 3.63) is 18.2 Å². The SMILES string of the molecule is Cn1cnc(CN=C=O)c1.